The fourth-order valence-corrected chi connectivity index (χ4v) is 8.31. The van der Waals surface area contributed by atoms with Gasteiger partial charge in [0.15, 0.2) is 0 Å². The summed E-state index contributed by atoms with van der Waals surface area (Å²) in [7, 11) is 1.70. The van der Waals surface area contributed by atoms with Gasteiger partial charge in [-0.25, -0.2) is 9.78 Å². The molecular weight excluding hydrogens is 731 g/mol. The Morgan fingerprint density at radius 2 is 1.73 bits per heavy atom. The number of nitrogens with zero attached hydrogens (tertiary/aromatic N) is 7. The summed E-state index contributed by atoms with van der Waals surface area (Å²) in [5, 5.41) is 16.1. The van der Waals surface area contributed by atoms with E-state index >= 15 is 0 Å². The van der Waals surface area contributed by atoms with Crippen LogP contribution < -0.4 is 16.3 Å². The average Bonchev–Trinajstić information content (AvgIpc) is 3.64. The van der Waals surface area contributed by atoms with Crippen molar-refractivity contribution in [2.24, 2.45) is 7.05 Å². The van der Waals surface area contributed by atoms with Crippen molar-refractivity contribution in [3.05, 3.63) is 52.2 Å². The molecule has 4 aromatic rings. The number of benzene rings is 1. The summed E-state index contributed by atoms with van der Waals surface area (Å²) in [6.45, 7) is 6.41. The number of alkyl halides is 3. The molecule has 2 amide bonds. The third-order valence-corrected chi connectivity index (χ3v) is 11.5. The second kappa shape index (κ2) is 17.4. The van der Waals surface area contributed by atoms with Gasteiger partial charge in [-0.2, -0.15) is 18.2 Å². The van der Waals surface area contributed by atoms with E-state index in [-0.39, 0.29) is 42.7 Å². The maximum atomic E-state index is 13.0. The number of aliphatic hydroxyl groups excluding tert-OH is 1. The van der Waals surface area contributed by atoms with Gasteiger partial charge in [0.05, 0.1) is 23.6 Å². The summed E-state index contributed by atoms with van der Waals surface area (Å²) < 4.78 is 49.4. The van der Waals surface area contributed by atoms with E-state index in [1.54, 1.807) is 17.8 Å². The highest BCUT2D eigenvalue weighted by Crippen LogP contribution is 2.34. The first-order valence-corrected chi connectivity index (χ1v) is 19.8. The van der Waals surface area contributed by atoms with Gasteiger partial charge >= 0.3 is 11.9 Å². The minimum absolute atomic E-state index is 0.166. The van der Waals surface area contributed by atoms with Gasteiger partial charge in [0.1, 0.15) is 11.7 Å². The lowest BCUT2D eigenvalue weighted by Crippen LogP contribution is -2.46. The van der Waals surface area contributed by atoms with Crippen LogP contribution >= 0.6 is 0 Å². The minimum atomic E-state index is -4.26. The van der Waals surface area contributed by atoms with Crippen LogP contribution in [0.2, 0.25) is 0 Å². The normalized spacial score (nSPS) is 21.6. The number of aryl methyl sites for hydroxylation is 2. The number of ether oxygens (including phenoxy) is 1. The summed E-state index contributed by atoms with van der Waals surface area (Å²) in [4.78, 5) is 51.0. The Balaban J connectivity index is 0.846. The average molecular weight is 784 g/mol. The highest BCUT2D eigenvalue weighted by atomic mass is 19.4. The van der Waals surface area contributed by atoms with Crippen molar-refractivity contribution in [2.75, 3.05) is 57.8 Å². The fraction of sp³-hybridized carbons (Fsp3) is 0.615. The van der Waals surface area contributed by atoms with Crippen LogP contribution in [0, 0.1) is 0 Å². The predicted octanol–water partition coefficient (Wildman–Crippen LogP) is 4.06. The molecule has 0 unspecified atom stereocenters. The Hall–Kier alpha value is -4.32. The van der Waals surface area contributed by atoms with Gasteiger partial charge in [0.25, 0.3) is 0 Å². The van der Waals surface area contributed by atoms with Gasteiger partial charge in [-0.05, 0) is 74.6 Å². The summed E-state index contributed by atoms with van der Waals surface area (Å²) >= 11 is 0. The Morgan fingerprint density at radius 1 is 0.982 bits per heavy atom. The number of fused-ring (bicyclic) bond motifs is 2. The summed E-state index contributed by atoms with van der Waals surface area (Å²) in [5.74, 6) is -0.564. The largest absolute Gasteiger partial charge is 0.393 e. The number of amides is 2. The van der Waals surface area contributed by atoms with Crippen LogP contribution in [0.4, 0.5) is 19.1 Å². The number of carbonyl (C=O) groups excluding carboxylic acids is 2. The lowest BCUT2D eigenvalue weighted by atomic mass is 9.93. The number of piperidine rings is 1. The molecule has 3 aliphatic rings. The van der Waals surface area contributed by atoms with E-state index in [2.05, 4.69) is 41.2 Å². The lowest BCUT2D eigenvalue weighted by Gasteiger charge is -2.34. The summed E-state index contributed by atoms with van der Waals surface area (Å²) in [6.07, 6.45) is 4.48. The third-order valence-electron chi connectivity index (χ3n) is 11.5. The first-order chi connectivity index (χ1) is 26.9. The van der Waals surface area contributed by atoms with Gasteiger partial charge < -0.3 is 24.6 Å². The second-order valence-electron chi connectivity index (χ2n) is 15.4. The van der Waals surface area contributed by atoms with Crippen LogP contribution in [0.5, 0.6) is 0 Å². The van der Waals surface area contributed by atoms with Gasteiger partial charge in [0.2, 0.25) is 17.8 Å². The number of anilines is 1. The van der Waals surface area contributed by atoms with Crippen molar-refractivity contribution >= 4 is 39.8 Å². The van der Waals surface area contributed by atoms with Crippen LogP contribution in [0.25, 0.3) is 22.1 Å². The van der Waals surface area contributed by atoms with E-state index in [0.717, 1.165) is 99.0 Å². The van der Waals surface area contributed by atoms with Crippen LogP contribution in [0.1, 0.15) is 81.0 Å². The van der Waals surface area contributed by atoms with Gasteiger partial charge in [0, 0.05) is 96.3 Å². The highest BCUT2D eigenvalue weighted by molar-refractivity contribution is 6.00. The molecule has 7 rings (SSSR count). The number of aromatic nitrogens is 5. The van der Waals surface area contributed by atoms with Gasteiger partial charge in [-0.3, -0.25) is 28.9 Å². The Bertz CT molecular complexity index is 2060. The van der Waals surface area contributed by atoms with E-state index in [9.17, 15) is 32.7 Å². The molecule has 2 saturated heterocycles. The van der Waals surface area contributed by atoms with E-state index in [1.807, 2.05) is 18.2 Å². The highest BCUT2D eigenvalue weighted by Gasteiger charge is 2.32. The van der Waals surface area contributed by atoms with Crippen molar-refractivity contribution in [1.82, 2.24) is 38.8 Å². The molecule has 1 atom stereocenters. The molecule has 3 fully saturated rings. The topological polar surface area (TPSA) is 152 Å². The number of halogens is 3. The molecule has 0 bridgehead atoms. The Labute approximate surface area is 323 Å². The van der Waals surface area contributed by atoms with E-state index in [1.165, 1.54) is 4.57 Å². The predicted molar refractivity (Wildman–Crippen MR) is 204 cm³/mol. The number of carbonyl (C=O) groups is 2. The lowest BCUT2D eigenvalue weighted by molar-refractivity contribution is -0.136. The van der Waals surface area contributed by atoms with Crippen LogP contribution in [0.3, 0.4) is 0 Å². The summed E-state index contributed by atoms with van der Waals surface area (Å²) in [5.41, 5.74) is 4.07. The molecule has 304 valence electrons. The van der Waals surface area contributed by atoms with Crippen molar-refractivity contribution in [1.29, 1.82) is 0 Å². The van der Waals surface area contributed by atoms with Gasteiger partial charge in [-0.15, -0.1) is 0 Å². The molecule has 2 aliphatic heterocycles. The molecule has 17 heteroatoms. The molecule has 0 spiro atoms. The van der Waals surface area contributed by atoms with Gasteiger partial charge in [-0.1, -0.05) is 6.07 Å². The van der Waals surface area contributed by atoms with Crippen LogP contribution in [0.15, 0.2) is 35.4 Å². The number of aliphatic hydroxyl groups is 1. The molecular formula is C39H52F3N9O5. The molecule has 3 aromatic heterocycles. The summed E-state index contributed by atoms with van der Waals surface area (Å²) in [6, 6.07) is 5.33. The number of piperazine rings is 1. The maximum Gasteiger partial charge on any atom is 0.390 e. The zero-order chi connectivity index (χ0) is 39.4. The SMILES string of the molecule is Cn1c(=O)n([C@H]2CCC(=O)NC2=O)c2ccc(CCCOCCCN3CCN(Cc4cn([C@H]5CC[C@H](O)CC5)c5nc(NCCC(F)(F)F)ncc45)CC3)cc21. The zero-order valence-electron chi connectivity index (χ0n) is 31.9. The fourth-order valence-electron chi connectivity index (χ4n) is 8.31. The molecule has 0 radical (unpaired) electrons. The second-order valence-corrected chi connectivity index (χ2v) is 15.4. The van der Waals surface area contributed by atoms with E-state index in [0.29, 0.717) is 38.0 Å². The maximum absolute atomic E-state index is 13.0. The quantitative estimate of drug-likeness (QED) is 0.119. The van der Waals surface area contributed by atoms with Crippen molar-refractivity contribution < 1.29 is 32.6 Å². The van der Waals surface area contributed by atoms with Crippen LogP contribution in [-0.2, 0) is 34.3 Å². The molecule has 1 saturated carbocycles. The molecule has 5 heterocycles. The van der Waals surface area contributed by atoms with Crippen molar-refractivity contribution in [3.63, 3.8) is 0 Å². The van der Waals surface area contributed by atoms with Crippen LogP contribution in [-0.4, -0.2) is 115 Å². The molecule has 3 N–H and O–H groups in total. The Kier molecular flexibility index (Phi) is 12.4. The first-order valence-electron chi connectivity index (χ1n) is 19.8. The number of hydrogen-bond acceptors (Lipinski definition) is 10. The zero-order valence-corrected chi connectivity index (χ0v) is 31.9. The molecule has 1 aliphatic carbocycles. The Morgan fingerprint density at radius 3 is 2.48 bits per heavy atom. The standard InChI is InChI=1S/C39H52F3N9O5/c1-47-33-22-26(5-10-31(33)51(38(47)55)32-11-12-34(53)45-36(32)54)4-2-20-56-21-3-15-48-16-18-49(19-17-48)24-27-25-50(28-6-8-29(52)9-7-28)35-30(27)23-44-37(46-35)43-14-13-39(40,41)42/h5,10,22-23,25,28-29,32,52H,2-4,6-9,11-21,24H2,1H3,(H,43,44,46)(H,45,53,54)/t28-,29-,32-/m0/s1. The monoisotopic (exact) mass is 783 g/mol. The third kappa shape index (κ3) is 9.44. The first kappa shape index (κ1) is 39.9. The van der Waals surface area contributed by atoms with Crippen molar-refractivity contribution in [3.8, 4) is 0 Å². The van der Waals surface area contributed by atoms with E-state index in [4.69, 9.17) is 4.74 Å². The van der Waals surface area contributed by atoms with Crippen molar-refractivity contribution in [2.45, 2.75) is 95.1 Å². The minimum Gasteiger partial charge on any atom is -0.393 e. The number of imide groups is 1. The number of nitrogens with one attached hydrogen (secondary N) is 2. The van der Waals surface area contributed by atoms with E-state index < -0.39 is 24.5 Å². The number of imidazole rings is 1. The number of rotatable bonds is 15. The number of hydrogen-bond donors (Lipinski definition) is 3. The smallest absolute Gasteiger partial charge is 0.390 e. The molecule has 1 aromatic carbocycles. The molecule has 14 nitrogen and oxygen atoms in total. The molecule has 56 heavy (non-hydrogen) atoms.